The molecule has 2 aromatic carbocycles. The molecule has 1 fully saturated rings. The van der Waals surface area contributed by atoms with E-state index in [1.807, 2.05) is 60.8 Å². The first kappa shape index (κ1) is 21.3. The van der Waals surface area contributed by atoms with Gasteiger partial charge in [0.1, 0.15) is 5.75 Å². The van der Waals surface area contributed by atoms with Crippen LogP contribution in [0.15, 0.2) is 59.7 Å². The van der Waals surface area contributed by atoms with Crippen LogP contribution in [0.25, 0.3) is 6.08 Å². The first-order valence-corrected chi connectivity index (χ1v) is 9.18. The standard InChI is InChI=1S/C21H24ClN3O.ClH/c1-26-21-11-5-3-7-18(21)9-6-12-23-25-15-13-24(14-16-25)17-19-8-2-4-10-20(19)22;/h2-12H,13-17H2,1H3;1H/p-1/b9-6+,23-12?;. The van der Waals surface area contributed by atoms with E-state index in [1.165, 1.54) is 5.56 Å². The summed E-state index contributed by atoms with van der Waals surface area (Å²) in [5.41, 5.74) is 2.23. The van der Waals surface area contributed by atoms with Crippen LogP contribution in [0.5, 0.6) is 5.75 Å². The number of methoxy groups -OCH3 is 1. The topological polar surface area (TPSA) is 28.1 Å². The van der Waals surface area contributed by atoms with Gasteiger partial charge >= 0.3 is 0 Å². The summed E-state index contributed by atoms with van der Waals surface area (Å²) in [6.07, 6.45) is 5.81. The van der Waals surface area contributed by atoms with Crippen LogP contribution in [0.1, 0.15) is 11.1 Å². The Labute approximate surface area is 172 Å². The molecule has 2 aromatic rings. The summed E-state index contributed by atoms with van der Waals surface area (Å²) in [6.45, 7) is 4.70. The van der Waals surface area contributed by atoms with E-state index in [0.29, 0.717) is 0 Å². The monoisotopic (exact) mass is 404 g/mol. The Morgan fingerprint density at radius 1 is 1.04 bits per heavy atom. The lowest BCUT2D eigenvalue weighted by Gasteiger charge is -2.33. The van der Waals surface area contributed by atoms with Crippen molar-refractivity contribution in [1.29, 1.82) is 0 Å². The average Bonchev–Trinajstić information content (AvgIpc) is 2.68. The largest absolute Gasteiger partial charge is 1.00 e. The number of halogens is 2. The minimum atomic E-state index is 0. The maximum atomic E-state index is 6.25. The highest BCUT2D eigenvalue weighted by atomic mass is 35.5. The summed E-state index contributed by atoms with van der Waals surface area (Å²) in [5, 5.41) is 7.49. The Bertz CT molecular complexity index is 772. The predicted octanol–water partition coefficient (Wildman–Crippen LogP) is 1.17. The molecular formula is C21H24Cl2N3O-. The van der Waals surface area contributed by atoms with Crippen molar-refractivity contribution in [2.45, 2.75) is 6.54 Å². The van der Waals surface area contributed by atoms with Gasteiger partial charge in [0, 0.05) is 49.5 Å². The lowest BCUT2D eigenvalue weighted by atomic mass is 10.2. The van der Waals surface area contributed by atoms with Gasteiger partial charge in [0.2, 0.25) is 0 Å². The Morgan fingerprint density at radius 3 is 2.48 bits per heavy atom. The number of allylic oxidation sites excluding steroid dienone is 1. The Balaban J connectivity index is 0.00000261. The summed E-state index contributed by atoms with van der Waals surface area (Å²) < 4.78 is 5.34. The molecule has 6 heteroatoms. The van der Waals surface area contributed by atoms with Gasteiger partial charge in [0.05, 0.1) is 7.11 Å². The van der Waals surface area contributed by atoms with Gasteiger partial charge in [-0.25, -0.2) is 0 Å². The normalized spacial score (nSPS) is 15.3. The Hall–Kier alpha value is -2.01. The number of hydrogen-bond acceptors (Lipinski definition) is 4. The van der Waals surface area contributed by atoms with Crippen LogP contribution in [-0.2, 0) is 6.54 Å². The molecule has 0 bridgehead atoms. The van der Waals surface area contributed by atoms with Crippen LogP contribution < -0.4 is 17.1 Å². The highest BCUT2D eigenvalue weighted by molar-refractivity contribution is 6.31. The van der Waals surface area contributed by atoms with Crippen molar-refractivity contribution >= 4 is 23.9 Å². The molecule has 144 valence electrons. The molecule has 0 radical (unpaired) electrons. The quantitative estimate of drug-likeness (QED) is 0.676. The van der Waals surface area contributed by atoms with E-state index in [4.69, 9.17) is 16.3 Å². The SMILES string of the molecule is COc1ccccc1/C=C/C=NN1CCN(Cc2ccccc2Cl)CC1.[Cl-]. The first-order valence-electron chi connectivity index (χ1n) is 8.80. The van der Waals surface area contributed by atoms with Crippen molar-refractivity contribution in [2.24, 2.45) is 5.10 Å². The summed E-state index contributed by atoms with van der Waals surface area (Å²) >= 11 is 6.25. The van der Waals surface area contributed by atoms with Gasteiger partial charge < -0.3 is 17.1 Å². The molecule has 0 unspecified atom stereocenters. The molecule has 0 spiro atoms. The fourth-order valence-corrected chi connectivity index (χ4v) is 3.16. The minimum absolute atomic E-state index is 0. The maximum Gasteiger partial charge on any atom is 0.126 e. The predicted molar refractivity (Wildman–Crippen MR) is 109 cm³/mol. The molecule has 0 aromatic heterocycles. The van der Waals surface area contributed by atoms with Crippen LogP contribution in [0, 0.1) is 0 Å². The molecule has 0 aliphatic carbocycles. The molecule has 1 heterocycles. The molecule has 0 saturated carbocycles. The summed E-state index contributed by atoms with van der Waals surface area (Å²) in [5.74, 6) is 0.866. The Morgan fingerprint density at radius 2 is 1.74 bits per heavy atom. The number of nitrogens with zero attached hydrogens (tertiary/aromatic N) is 3. The van der Waals surface area contributed by atoms with E-state index in [-0.39, 0.29) is 12.4 Å². The van der Waals surface area contributed by atoms with Gasteiger partial charge in [0.25, 0.3) is 0 Å². The third-order valence-electron chi connectivity index (χ3n) is 4.43. The fourth-order valence-electron chi connectivity index (χ4n) is 2.96. The second-order valence-electron chi connectivity index (χ2n) is 6.19. The van der Waals surface area contributed by atoms with Gasteiger partial charge in [-0.1, -0.05) is 48.0 Å². The van der Waals surface area contributed by atoms with Gasteiger partial charge in [-0.2, -0.15) is 5.10 Å². The maximum absolute atomic E-state index is 6.25. The molecule has 27 heavy (non-hydrogen) atoms. The van der Waals surface area contributed by atoms with E-state index < -0.39 is 0 Å². The zero-order chi connectivity index (χ0) is 18.2. The third kappa shape index (κ3) is 6.28. The zero-order valence-corrected chi connectivity index (χ0v) is 16.9. The third-order valence-corrected chi connectivity index (χ3v) is 4.80. The number of hydrogen-bond donors (Lipinski definition) is 0. The fraction of sp³-hybridized carbons (Fsp3) is 0.286. The molecule has 1 aliphatic heterocycles. The molecular weight excluding hydrogens is 381 g/mol. The highest BCUT2D eigenvalue weighted by Gasteiger charge is 2.16. The number of ether oxygens (including phenoxy) is 1. The lowest BCUT2D eigenvalue weighted by Crippen LogP contribution is -3.00. The van der Waals surface area contributed by atoms with Crippen LogP contribution in [-0.4, -0.2) is 49.4 Å². The van der Waals surface area contributed by atoms with Gasteiger partial charge in [-0.05, 0) is 29.8 Å². The first-order chi connectivity index (χ1) is 12.8. The second-order valence-corrected chi connectivity index (χ2v) is 6.59. The van der Waals surface area contributed by atoms with E-state index in [0.717, 1.165) is 49.1 Å². The lowest BCUT2D eigenvalue weighted by molar-refractivity contribution is -0.00000543. The summed E-state index contributed by atoms with van der Waals surface area (Å²) in [6, 6.07) is 16.0. The molecule has 4 nitrogen and oxygen atoms in total. The highest BCUT2D eigenvalue weighted by Crippen LogP contribution is 2.19. The number of benzene rings is 2. The van der Waals surface area contributed by atoms with Crippen LogP contribution in [0.4, 0.5) is 0 Å². The van der Waals surface area contributed by atoms with Crippen LogP contribution in [0.2, 0.25) is 5.02 Å². The Kier molecular flexibility index (Phi) is 8.65. The van der Waals surface area contributed by atoms with Crippen LogP contribution in [0.3, 0.4) is 0 Å². The summed E-state index contributed by atoms with van der Waals surface area (Å²) in [7, 11) is 1.68. The van der Waals surface area contributed by atoms with E-state index >= 15 is 0 Å². The smallest absolute Gasteiger partial charge is 0.126 e. The molecule has 3 rings (SSSR count). The van der Waals surface area contributed by atoms with E-state index in [1.54, 1.807) is 7.11 Å². The minimum Gasteiger partial charge on any atom is -1.00 e. The molecule has 0 amide bonds. The number of rotatable bonds is 6. The van der Waals surface area contributed by atoms with Crippen molar-refractivity contribution in [3.05, 3.63) is 70.8 Å². The molecule has 1 saturated heterocycles. The number of hydrazone groups is 1. The average molecular weight is 405 g/mol. The van der Waals surface area contributed by atoms with Crippen molar-refractivity contribution in [2.75, 3.05) is 33.3 Å². The van der Waals surface area contributed by atoms with E-state index in [2.05, 4.69) is 21.1 Å². The van der Waals surface area contributed by atoms with Gasteiger partial charge in [0.15, 0.2) is 0 Å². The number of para-hydroxylation sites is 1. The van der Waals surface area contributed by atoms with Gasteiger partial charge in [-0.15, -0.1) is 0 Å². The molecule has 0 atom stereocenters. The second kappa shape index (κ2) is 11.0. The summed E-state index contributed by atoms with van der Waals surface area (Å²) in [4.78, 5) is 2.41. The molecule has 1 aliphatic rings. The zero-order valence-electron chi connectivity index (χ0n) is 15.4. The van der Waals surface area contributed by atoms with Crippen molar-refractivity contribution in [3.63, 3.8) is 0 Å². The van der Waals surface area contributed by atoms with Crippen LogP contribution >= 0.6 is 11.6 Å². The van der Waals surface area contributed by atoms with Crippen molar-refractivity contribution in [1.82, 2.24) is 9.91 Å². The molecule has 0 N–H and O–H groups in total. The number of piperazine rings is 1. The van der Waals surface area contributed by atoms with Gasteiger partial charge in [-0.3, -0.25) is 9.91 Å². The van der Waals surface area contributed by atoms with Crippen molar-refractivity contribution < 1.29 is 17.1 Å². The van der Waals surface area contributed by atoms with E-state index in [9.17, 15) is 0 Å². The van der Waals surface area contributed by atoms with Crippen molar-refractivity contribution in [3.8, 4) is 5.75 Å².